The number of piperidine rings is 2. The predicted molar refractivity (Wildman–Crippen MR) is 86.7 cm³/mol. The van der Waals surface area contributed by atoms with Crippen LogP contribution in [0.25, 0.3) is 0 Å². The number of ether oxygens (including phenoxy) is 1. The van der Waals surface area contributed by atoms with E-state index in [9.17, 15) is 0 Å². The Bertz CT molecular complexity index is 298. The van der Waals surface area contributed by atoms with E-state index in [0.29, 0.717) is 12.0 Å². The van der Waals surface area contributed by atoms with Crippen LogP contribution in [0.15, 0.2) is 0 Å². The summed E-state index contributed by atoms with van der Waals surface area (Å²) in [5.74, 6) is 0.676. The molecule has 0 saturated carbocycles. The number of hydrogen-bond acceptors (Lipinski definition) is 4. The molecule has 0 aromatic heterocycles. The molecule has 3 rings (SSSR count). The van der Waals surface area contributed by atoms with Crippen LogP contribution in [-0.4, -0.2) is 74.9 Å². The van der Waals surface area contributed by atoms with Gasteiger partial charge in [-0.3, -0.25) is 0 Å². The van der Waals surface area contributed by atoms with Crippen molar-refractivity contribution in [1.82, 2.24) is 15.1 Å². The Morgan fingerprint density at radius 3 is 2.48 bits per heavy atom. The fourth-order valence-corrected chi connectivity index (χ4v) is 4.44. The Labute approximate surface area is 130 Å². The van der Waals surface area contributed by atoms with Gasteiger partial charge in [-0.15, -0.1) is 0 Å². The Kier molecular flexibility index (Phi) is 5.92. The molecule has 2 unspecified atom stereocenters. The van der Waals surface area contributed by atoms with Crippen molar-refractivity contribution in [3.63, 3.8) is 0 Å². The van der Waals surface area contributed by atoms with Crippen LogP contribution in [0, 0.1) is 5.92 Å². The van der Waals surface area contributed by atoms with E-state index in [1.54, 1.807) is 0 Å². The van der Waals surface area contributed by atoms with Gasteiger partial charge >= 0.3 is 0 Å². The second-order valence-corrected chi connectivity index (χ2v) is 7.15. The summed E-state index contributed by atoms with van der Waals surface area (Å²) in [6.45, 7) is 8.36. The van der Waals surface area contributed by atoms with E-state index < -0.39 is 0 Å². The summed E-state index contributed by atoms with van der Waals surface area (Å²) < 4.78 is 5.70. The van der Waals surface area contributed by atoms with Crippen molar-refractivity contribution in [1.29, 1.82) is 0 Å². The number of nitrogens with one attached hydrogen (secondary N) is 1. The molecule has 0 aromatic carbocycles. The van der Waals surface area contributed by atoms with Crippen LogP contribution >= 0.6 is 0 Å². The van der Waals surface area contributed by atoms with Crippen molar-refractivity contribution in [3.05, 3.63) is 0 Å². The van der Waals surface area contributed by atoms with Gasteiger partial charge in [0.2, 0.25) is 0 Å². The van der Waals surface area contributed by atoms with Crippen LogP contribution in [0.5, 0.6) is 0 Å². The topological polar surface area (TPSA) is 27.7 Å². The molecule has 21 heavy (non-hydrogen) atoms. The standard InChI is InChI=1S/C17H33N3O/c1-18-17-7-12-21-14-15(17)13-19-10-5-16(6-11-19)20-8-3-2-4-9-20/h15-18H,2-14H2,1H3. The van der Waals surface area contributed by atoms with Crippen molar-refractivity contribution in [2.45, 2.75) is 50.6 Å². The lowest BCUT2D eigenvalue weighted by Gasteiger charge is -2.42. The maximum Gasteiger partial charge on any atom is 0.0521 e. The Morgan fingerprint density at radius 2 is 1.76 bits per heavy atom. The van der Waals surface area contributed by atoms with Gasteiger partial charge in [-0.2, -0.15) is 0 Å². The minimum atomic E-state index is 0.651. The fourth-order valence-electron chi connectivity index (χ4n) is 4.44. The maximum absolute atomic E-state index is 5.70. The molecule has 3 aliphatic rings. The molecular formula is C17H33N3O. The molecule has 0 amide bonds. The summed E-state index contributed by atoms with van der Waals surface area (Å²) in [7, 11) is 2.10. The molecule has 4 heteroatoms. The number of nitrogens with zero attached hydrogens (tertiary/aromatic N) is 2. The highest BCUT2D eigenvalue weighted by Crippen LogP contribution is 2.23. The average molecular weight is 295 g/mol. The second kappa shape index (κ2) is 7.91. The van der Waals surface area contributed by atoms with Gasteiger partial charge in [0.25, 0.3) is 0 Å². The van der Waals surface area contributed by atoms with Gasteiger partial charge in [-0.1, -0.05) is 6.42 Å². The summed E-state index contributed by atoms with van der Waals surface area (Å²) in [6.07, 6.45) is 8.20. The monoisotopic (exact) mass is 295 g/mol. The Hall–Kier alpha value is -0.160. The third-order valence-corrected chi connectivity index (χ3v) is 5.80. The first-order valence-corrected chi connectivity index (χ1v) is 9.08. The van der Waals surface area contributed by atoms with E-state index in [0.717, 1.165) is 19.3 Å². The molecule has 3 heterocycles. The largest absolute Gasteiger partial charge is 0.381 e. The van der Waals surface area contributed by atoms with E-state index in [-0.39, 0.29) is 0 Å². The zero-order valence-electron chi connectivity index (χ0n) is 13.7. The van der Waals surface area contributed by atoms with E-state index in [1.165, 1.54) is 71.2 Å². The second-order valence-electron chi connectivity index (χ2n) is 7.15. The predicted octanol–water partition coefficient (Wildman–Crippen LogP) is 1.56. The minimum Gasteiger partial charge on any atom is -0.381 e. The lowest BCUT2D eigenvalue weighted by atomic mass is 9.93. The van der Waals surface area contributed by atoms with E-state index in [1.807, 2.05) is 0 Å². The van der Waals surface area contributed by atoms with Crippen LogP contribution in [0.2, 0.25) is 0 Å². The van der Waals surface area contributed by atoms with Crippen molar-refractivity contribution in [2.24, 2.45) is 5.92 Å². The lowest BCUT2D eigenvalue weighted by molar-refractivity contribution is 0.00938. The van der Waals surface area contributed by atoms with Gasteiger partial charge in [0.05, 0.1) is 6.61 Å². The van der Waals surface area contributed by atoms with Crippen LogP contribution in [0.3, 0.4) is 0 Å². The number of hydrogen-bond donors (Lipinski definition) is 1. The summed E-state index contributed by atoms with van der Waals surface area (Å²) in [5, 5.41) is 3.49. The molecule has 1 N–H and O–H groups in total. The third-order valence-electron chi connectivity index (χ3n) is 5.80. The van der Waals surface area contributed by atoms with Crippen LogP contribution in [-0.2, 0) is 4.74 Å². The van der Waals surface area contributed by atoms with Gasteiger partial charge in [0.1, 0.15) is 0 Å². The van der Waals surface area contributed by atoms with Gasteiger partial charge in [0, 0.05) is 31.2 Å². The zero-order chi connectivity index (χ0) is 14.5. The smallest absolute Gasteiger partial charge is 0.0521 e. The highest BCUT2D eigenvalue weighted by Gasteiger charge is 2.30. The molecule has 2 atom stereocenters. The minimum absolute atomic E-state index is 0.651. The summed E-state index contributed by atoms with van der Waals surface area (Å²) in [4.78, 5) is 5.45. The summed E-state index contributed by atoms with van der Waals surface area (Å²) in [5.41, 5.74) is 0. The molecule has 0 spiro atoms. The zero-order valence-corrected chi connectivity index (χ0v) is 13.7. The molecule has 0 aliphatic carbocycles. The Morgan fingerprint density at radius 1 is 1.00 bits per heavy atom. The van der Waals surface area contributed by atoms with E-state index >= 15 is 0 Å². The summed E-state index contributed by atoms with van der Waals surface area (Å²) in [6, 6.07) is 1.52. The van der Waals surface area contributed by atoms with E-state index in [2.05, 4.69) is 22.2 Å². The molecule has 3 aliphatic heterocycles. The molecule has 3 saturated heterocycles. The van der Waals surface area contributed by atoms with Gasteiger partial charge in [0.15, 0.2) is 0 Å². The maximum atomic E-state index is 5.70. The first kappa shape index (κ1) is 15.7. The van der Waals surface area contributed by atoms with Crippen molar-refractivity contribution in [2.75, 3.05) is 53.0 Å². The third kappa shape index (κ3) is 4.19. The molecule has 0 radical (unpaired) electrons. The van der Waals surface area contributed by atoms with E-state index in [4.69, 9.17) is 4.74 Å². The SMILES string of the molecule is CNC1CCOCC1CN1CCC(N2CCCCC2)CC1. The normalized spacial score (nSPS) is 34.1. The summed E-state index contributed by atoms with van der Waals surface area (Å²) >= 11 is 0. The molecule has 0 bridgehead atoms. The lowest BCUT2D eigenvalue weighted by Crippen LogP contribution is -2.51. The van der Waals surface area contributed by atoms with Crippen LogP contribution in [0.4, 0.5) is 0 Å². The van der Waals surface area contributed by atoms with Gasteiger partial charge in [-0.25, -0.2) is 0 Å². The van der Waals surface area contributed by atoms with Gasteiger partial charge in [-0.05, 0) is 65.3 Å². The van der Waals surface area contributed by atoms with Crippen molar-refractivity contribution in [3.8, 4) is 0 Å². The molecular weight excluding hydrogens is 262 g/mol. The Balaban J connectivity index is 1.42. The van der Waals surface area contributed by atoms with Crippen molar-refractivity contribution < 1.29 is 4.74 Å². The molecule has 4 nitrogen and oxygen atoms in total. The van der Waals surface area contributed by atoms with Gasteiger partial charge < -0.3 is 19.9 Å². The molecule has 122 valence electrons. The van der Waals surface area contributed by atoms with Crippen molar-refractivity contribution >= 4 is 0 Å². The molecule has 0 aromatic rings. The van der Waals surface area contributed by atoms with Crippen LogP contribution in [0.1, 0.15) is 38.5 Å². The highest BCUT2D eigenvalue weighted by molar-refractivity contribution is 4.85. The molecule has 3 fully saturated rings. The fraction of sp³-hybridized carbons (Fsp3) is 1.00. The highest BCUT2D eigenvalue weighted by atomic mass is 16.5. The van der Waals surface area contributed by atoms with Crippen LogP contribution < -0.4 is 5.32 Å². The first-order valence-electron chi connectivity index (χ1n) is 9.08. The number of likely N-dealkylation sites (tertiary alicyclic amines) is 2. The quantitative estimate of drug-likeness (QED) is 0.852. The average Bonchev–Trinajstić information content (AvgIpc) is 2.57. The first-order chi connectivity index (χ1) is 10.4. The number of rotatable bonds is 4.